The normalized spacial score (nSPS) is 11.6. The summed E-state index contributed by atoms with van der Waals surface area (Å²) in [5, 5.41) is 7.15. The highest BCUT2D eigenvalue weighted by molar-refractivity contribution is 7.26. The molecular weight excluding hydrogens is 701 g/mol. The average molecular weight is 735 g/mol. The van der Waals surface area contributed by atoms with Crippen LogP contribution in [0.4, 0.5) is 34.1 Å². The van der Waals surface area contributed by atoms with E-state index >= 15 is 0 Å². The van der Waals surface area contributed by atoms with Gasteiger partial charge in [0.25, 0.3) is 0 Å². The lowest BCUT2D eigenvalue weighted by atomic mass is 10.0. The highest BCUT2D eigenvalue weighted by atomic mass is 32.1. The van der Waals surface area contributed by atoms with Crippen LogP contribution in [-0.4, -0.2) is 0 Å². The molecular formula is C52H34N2OS. The van der Waals surface area contributed by atoms with Gasteiger partial charge in [0, 0.05) is 48.3 Å². The van der Waals surface area contributed by atoms with Gasteiger partial charge in [-0.15, -0.1) is 11.3 Å². The zero-order valence-corrected chi connectivity index (χ0v) is 31.2. The van der Waals surface area contributed by atoms with Crippen molar-refractivity contribution >= 4 is 98.3 Å². The summed E-state index contributed by atoms with van der Waals surface area (Å²) in [4.78, 5) is 4.83. The molecule has 56 heavy (non-hydrogen) atoms. The summed E-state index contributed by atoms with van der Waals surface area (Å²) in [5.41, 5.74) is 10.6. The zero-order valence-electron chi connectivity index (χ0n) is 30.3. The largest absolute Gasteiger partial charge is 0.456 e. The van der Waals surface area contributed by atoms with Gasteiger partial charge >= 0.3 is 0 Å². The number of hydrogen-bond donors (Lipinski definition) is 0. The number of thiophene rings is 1. The molecule has 0 atom stereocenters. The summed E-state index contributed by atoms with van der Waals surface area (Å²) in [6.07, 6.45) is 0. The molecule has 0 N–H and O–H groups in total. The maximum Gasteiger partial charge on any atom is 0.137 e. The van der Waals surface area contributed by atoms with Crippen molar-refractivity contribution in [3.63, 3.8) is 0 Å². The van der Waals surface area contributed by atoms with Crippen molar-refractivity contribution in [3.05, 3.63) is 206 Å². The number of anilines is 6. The summed E-state index contributed by atoms with van der Waals surface area (Å²) >= 11 is 1.86. The second-order valence-corrected chi connectivity index (χ2v) is 15.2. The Morgan fingerprint density at radius 2 is 0.911 bits per heavy atom. The molecule has 0 aliphatic heterocycles. The Hall–Kier alpha value is -7.14. The van der Waals surface area contributed by atoms with E-state index in [9.17, 15) is 0 Å². The van der Waals surface area contributed by atoms with Crippen LogP contribution in [0.5, 0.6) is 0 Å². The molecule has 0 fully saturated rings. The summed E-state index contributed by atoms with van der Waals surface area (Å²) in [6, 6.07) is 73.9. The summed E-state index contributed by atoms with van der Waals surface area (Å²) < 4.78 is 8.97. The average Bonchev–Trinajstić information content (AvgIpc) is 3.83. The number of rotatable bonds is 7. The van der Waals surface area contributed by atoms with E-state index in [-0.39, 0.29) is 0 Å². The van der Waals surface area contributed by atoms with E-state index in [0.717, 1.165) is 56.1 Å². The van der Waals surface area contributed by atoms with Crippen LogP contribution in [0.25, 0.3) is 64.0 Å². The molecule has 0 aliphatic carbocycles. The monoisotopic (exact) mass is 734 g/mol. The third-order valence-electron chi connectivity index (χ3n) is 10.8. The van der Waals surface area contributed by atoms with Crippen molar-refractivity contribution in [2.45, 2.75) is 0 Å². The topological polar surface area (TPSA) is 19.6 Å². The Bertz CT molecular complexity index is 3150. The number of fused-ring (bicyclic) bond motifs is 7. The van der Waals surface area contributed by atoms with E-state index in [4.69, 9.17) is 4.42 Å². The van der Waals surface area contributed by atoms with Crippen molar-refractivity contribution in [2.24, 2.45) is 0 Å². The van der Waals surface area contributed by atoms with E-state index in [1.807, 2.05) is 17.4 Å². The molecule has 0 radical (unpaired) electrons. The lowest BCUT2D eigenvalue weighted by Crippen LogP contribution is -2.13. The van der Waals surface area contributed by atoms with Gasteiger partial charge in [-0.25, -0.2) is 0 Å². The lowest BCUT2D eigenvalue weighted by Gasteiger charge is -2.30. The Balaban J connectivity index is 1.24. The van der Waals surface area contributed by atoms with Crippen LogP contribution in [0.1, 0.15) is 0 Å². The van der Waals surface area contributed by atoms with Crippen molar-refractivity contribution in [1.82, 2.24) is 0 Å². The highest BCUT2D eigenvalue weighted by Crippen LogP contribution is 2.51. The predicted molar refractivity (Wildman–Crippen MR) is 239 cm³/mol. The Morgan fingerprint density at radius 3 is 1.64 bits per heavy atom. The van der Waals surface area contributed by atoms with Crippen molar-refractivity contribution in [1.29, 1.82) is 0 Å². The summed E-state index contributed by atoms with van der Waals surface area (Å²) in [7, 11) is 0. The van der Waals surface area contributed by atoms with Crippen molar-refractivity contribution in [2.75, 3.05) is 9.80 Å². The number of furan rings is 1. The minimum absolute atomic E-state index is 0.861. The number of para-hydroxylation sites is 3. The quantitative estimate of drug-likeness (QED) is 0.163. The van der Waals surface area contributed by atoms with E-state index in [1.54, 1.807) is 0 Å². The van der Waals surface area contributed by atoms with Gasteiger partial charge in [0.2, 0.25) is 0 Å². The van der Waals surface area contributed by atoms with Gasteiger partial charge in [-0.1, -0.05) is 127 Å². The standard InChI is InChI=1S/C52H34N2OS/c1-4-15-35(16-5-1)36-27-29-41(30-28-36)54(45-24-14-26-48-51(45)43-23-12-13-25-47(43)55-48)42-33-46(53(39-19-6-2-7-20-39)40-21-8-3-9-22-40)52-44-31-37-17-10-11-18-38(37)32-49(44)56-50(52)34-42/h1-34H. The zero-order chi connectivity index (χ0) is 37.0. The first kappa shape index (κ1) is 32.3. The van der Waals surface area contributed by atoms with Crippen LogP contribution in [0.2, 0.25) is 0 Å². The Labute approximate surface area is 328 Å². The molecule has 0 bridgehead atoms. The maximum absolute atomic E-state index is 6.48. The molecule has 11 aromatic rings. The molecule has 0 amide bonds. The minimum Gasteiger partial charge on any atom is -0.456 e. The molecule has 2 aromatic heterocycles. The molecule has 0 aliphatic rings. The van der Waals surface area contributed by atoms with E-state index in [0.29, 0.717) is 0 Å². The van der Waals surface area contributed by atoms with E-state index in [2.05, 4.69) is 210 Å². The second-order valence-electron chi connectivity index (χ2n) is 14.1. The molecule has 9 aromatic carbocycles. The molecule has 4 heteroatoms. The fourth-order valence-electron chi connectivity index (χ4n) is 8.25. The molecule has 0 saturated heterocycles. The van der Waals surface area contributed by atoms with Gasteiger partial charge in [-0.2, -0.15) is 0 Å². The Kier molecular flexibility index (Phi) is 7.68. The highest BCUT2D eigenvalue weighted by Gasteiger charge is 2.25. The van der Waals surface area contributed by atoms with Gasteiger partial charge in [-0.05, 0) is 101 Å². The third kappa shape index (κ3) is 5.42. The predicted octanol–water partition coefficient (Wildman–Crippen LogP) is 15.7. The first-order valence-corrected chi connectivity index (χ1v) is 19.7. The van der Waals surface area contributed by atoms with Crippen LogP contribution < -0.4 is 9.80 Å². The molecule has 264 valence electrons. The van der Waals surface area contributed by atoms with Gasteiger partial charge in [-0.3, -0.25) is 0 Å². The smallest absolute Gasteiger partial charge is 0.137 e. The van der Waals surface area contributed by atoms with Crippen molar-refractivity contribution in [3.8, 4) is 11.1 Å². The second kappa shape index (κ2) is 13.3. The molecule has 11 rings (SSSR count). The molecule has 2 heterocycles. The third-order valence-corrected chi connectivity index (χ3v) is 11.9. The summed E-state index contributed by atoms with van der Waals surface area (Å²) in [5.74, 6) is 0. The Morgan fingerprint density at radius 1 is 0.339 bits per heavy atom. The number of hydrogen-bond acceptors (Lipinski definition) is 4. The van der Waals surface area contributed by atoms with Crippen LogP contribution in [0.3, 0.4) is 0 Å². The molecule has 0 saturated carbocycles. The van der Waals surface area contributed by atoms with Gasteiger partial charge in [0.15, 0.2) is 0 Å². The molecule has 3 nitrogen and oxygen atoms in total. The fraction of sp³-hybridized carbons (Fsp3) is 0. The van der Waals surface area contributed by atoms with Gasteiger partial charge < -0.3 is 14.2 Å². The van der Waals surface area contributed by atoms with Gasteiger partial charge in [0.1, 0.15) is 11.2 Å². The number of nitrogens with zero attached hydrogens (tertiary/aromatic N) is 2. The molecule has 0 spiro atoms. The number of benzene rings is 9. The lowest BCUT2D eigenvalue weighted by molar-refractivity contribution is 0.669. The minimum atomic E-state index is 0.861. The van der Waals surface area contributed by atoms with Crippen molar-refractivity contribution < 1.29 is 4.42 Å². The SMILES string of the molecule is c1ccc(-c2ccc(N(c3cc(N(c4ccccc4)c4ccccc4)c4c(c3)sc3cc5ccccc5cc34)c3cccc4oc5ccccc5c34)cc2)cc1. The summed E-state index contributed by atoms with van der Waals surface area (Å²) in [6.45, 7) is 0. The van der Waals surface area contributed by atoms with Crippen LogP contribution in [-0.2, 0) is 0 Å². The van der Waals surface area contributed by atoms with Crippen LogP contribution in [0.15, 0.2) is 211 Å². The first-order chi connectivity index (χ1) is 27.8. The van der Waals surface area contributed by atoms with E-state index < -0.39 is 0 Å². The van der Waals surface area contributed by atoms with Crippen LogP contribution in [0, 0.1) is 0 Å². The first-order valence-electron chi connectivity index (χ1n) is 18.9. The fourth-order valence-corrected chi connectivity index (χ4v) is 9.44. The maximum atomic E-state index is 6.48. The van der Waals surface area contributed by atoms with E-state index in [1.165, 1.54) is 42.1 Å². The van der Waals surface area contributed by atoms with Gasteiger partial charge in [0.05, 0.1) is 16.8 Å². The van der Waals surface area contributed by atoms with Crippen LogP contribution >= 0.6 is 11.3 Å². The molecule has 0 unspecified atom stereocenters.